The molecule has 0 bridgehead atoms. The van der Waals surface area contributed by atoms with Gasteiger partial charge in [0.1, 0.15) is 6.17 Å². The van der Waals surface area contributed by atoms with Crippen molar-refractivity contribution in [1.29, 1.82) is 0 Å². The third-order valence-electron chi connectivity index (χ3n) is 4.94. The molecule has 0 aliphatic carbocycles. The van der Waals surface area contributed by atoms with E-state index in [4.69, 9.17) is 9.47 Å². The topological polar surface area (TPSA) is 97.8 Å². The maximum Gasteiger partial charge on any atom is 0.339 e. The number of hydrogen-bond donors (Lipinski definition) is 1. The zero-order chi connectivity index (χ0) is 22.0. The summed E-state index contributed by atoms with van der Waals surface area (Å²) in [6, 6.07) is 11.8. The van der Waals surface area contributed by atoms with Crippen molar-refractivity contribution in [2.45, 2.75) is 12.7 Å². The summed E-state index contributed by atoms with van der Waals surface area (Å²) in [5, 5.41) is 5.18. The third kappa shape index (κ3) is 3.87. The molecule has 1 N–H and O–H groups in total. The fraction of sp³-hybridized carbons (Fsp3) is 0.182. The average Bonchev–Trinajstić information content (AvgIpc) is 3.41. The molecule has 9 heteroatoms. The highest BCUT2D eigenvalue weighted by molar-refractivity contribution is 7.09. The molecule has 0 saturated heterocycles. The van der Waals surface area contributed by atoms with Crippen LogP contribution in [0.4, 0.5) is 5.69 Å². The van der Waals surface area contributed by atoms with Gasteiger partial charge in [0.25, 0.3) is 5.91 Å². The van der Waals surface area contributed by atoms with Gasteiger partial charge in [0.15, 0.2) is 0 Å². The Kier molecular flexibility index (Phi) is 5.68. The van der Waals surface area contributed by atoms with Crippen LogP contribution in [0.25, 0.3) is 0 Å². The molecule has 4 rings (SSSR count). The number of anilines is 1. The molecule has 0 fully saturated rings. The minimum absolute atomic E-state index is 0.169. The van der Waals surface area contributed by atoms with Crippen LogP contribution in [0.3, 0.4) is 0 Å². The number of thiophene rings is 1. The largest absolute Gasteiger partial charge is 0.465 e. The number of fused-ring (bicyclic) bond motifs is 1. The molecule has 2 aromatic heterocycles. The van der Waals surface area contributed by atoms with Gasteiger partial charge in [0.05, 0.1) is 48.8 Å². The minimum atomic E-state index is -0.637. The molecular formula is C22H19N3O5S. The van der Waals surface area contributed by atoms with Gasteiger partial charge in [-0.05, 0) is 41.8 Å². The lowest BCUT2D eigenvalue weighted by Crippen LogP contribution is -2.32. The summed E-state index contributed by atoms with van der Waals surface area (Å²) in [5.74, 6) is -1.29. The smallest absolute Gasteiger partial charge is 0.339 e. The summed E-state index contributed by atoms with van der Waals surface area (Å²) in [5.41, 5.74) is 1.85. The number of nitrogens with one attached hydrogen (secondary N) is 1. The van der Waals surface area contributed by atoms with E-state index in [-0.39, 0.29) is 17.0 Å². The van der Waals surface area contributed by atoms with Crippen LogP contribution in [0.5, 0.6) is 0 Å². The van der Waals surface area contributed by atoms with E-state index in [1.165, 1.54) is 32.4 Å². The van der Waals surface area contributed by atoms with E-state index < -0.39 is 18.1 Å². The van der Waals surface area contributed by atoms with Crippen LogP contribution < -0.4 is 5.32 Å². The van der Waals surface area contributed by atoms with Gasteiger partial charge >= 0.3 is 11.9 Å². The van der Waals surface area contributed by atoms with Gasteiger partial charge in [0.2, 0.25) is 0 Å². The van der Waals surface area contributed by atoms with Crippen LogP contribution in [0, 0.1) is 0 Å². The quantitative estimate of drug-likeness (QED) is 0.590. The van der Waals surface area contributed by atoms with Gasteiger partial charge in [-0.15, -0.1) is 11.3 Å². The Hall–Kier alpha value is -3.72. The van der Waals surface area contributed by atoms with Crippen molar-refractivity contribution in [1.82, 2.24) is 9.88 Å². The summed E-state index contributed by atoms with van der Waals surface area (Å²) < 4.78 is 9.68. The van der Waals surface area contributed by atoms with Crippen LogP contribution in [-0.4, -0.2) is 41.9 Å². The Bertz CT molecular complexity index is 1150. The van der Waals surface area contributed by atoms with Crippen molar-refractivity contribution in [3.05, 3.63) is 81.3 Å². The molecule has 1 unspecified atom stereocenters. The predicted molar refractivity (Wildman–Crippen MR) is 114 cm³/mol. The lowest BCUT2D eigenvalue weighted by Gasteiger charge is -2.27. The highest BCUT2D eigenvalue weighted by Crippen LogP contribution is 2.36. The SMILES string of the molecule is COC(=O)c1ccc(C(=O)OC)c(NC2c3ncccc3C(=O)N2Cc2cccs2)c1. The van der Waals surface area contributed by atoms with Gasteiger partial charge in [0, 0.05) is 11.1 Å². The lowest BCUT2D eigenvalue weighted by atomic mass is 10.1. The second-order valence-electron chi connectivity index (χ2n) is 6.74. The van der Waals surface area contributed by atoms with E-state index in [0.29, 0.717) is 23.5 Å². The Morgan fingerprint density at radius 3 is 2.65 bits per heavy atom. The molecule has 1 aliphatic heterocycles. The van der Waals surface area contributed by atoms with Gasteiger partial charge in [-0.3, -0.25) is 9.78 Å². The first-order chi connectivity index (χ1) is 15.0. The van der Waals surface area contributed by atoms with Crippen LogP contribution in [0.2, 0.25) is 0 Å². The summed E-state index contributed by atoms with van der Waals surface area (Å²) in [4.78, 5) is 44.5. The fourth-order valence-corrected chi connectivity index (χ4v) is 4.16. The highest BCUT2D eigenvalue weighted by Gasteiger charge is 2.38. The minimum Gasteiger partial charge on any atom is -0.465 e. The first-order valence-corrected chi connectivity index (χ1v) is 10.3. The Morgan fingerprint density at radius 2 is 1.94 bits per heavy atom. The first kappa shape index (κ1) is 20.5. The number of aromatic nitrogens is 1. The van der Waals surface area contributed by atoms with Crippen molar-refractivity contribution in [3.8, 4) is 0 Å². The number of hydrogen-bond acceptors (Lipinski definition) is 8. The second kappa shape index (κ2) is 8.57. The Balaban J connectivity index is 1.77. The van der Waals surface area contributed by atoms with E-state index in [1.54, 1.807) is 34.6 Å². The standard InChI is InChI=1S/C22H19N3O5S/c1-29-21(27)13-7-8-15(22(28)30-2)17(11-13)24-19-18-16(6-3-9-23-18)20(26)25(19)12-14-5-4-10-31-14/h3-11,19,24H,12H2,1-2H3. The van der Waals surface area contributed by atoms with Gasteiger partial charge < -0.3 is 19.7 Å². The van der Waals surface area contributed by atoms with Gasteiger partial charge in [-0.25, -0.2) is 9.59 Å². The van der Waals surface area contributed by atoms with Crippen LogP contribution in [0.1, 0.15) is 47.8 Å². The van der Waals surface area contributed by atoms with Crippen LogP contribution >= 0.6 is 11.3 Å². The van der Waals surface area contributed by atoms with Crippen molar-refractivity contribution in [3.63, 3.8) is 0 Å². The molecule has 8 nitrogen and oxygen atoms in total. The summed E-state index contributed by atoms with van der Waals surface area (Å²) in [6.45, 7) is 0.370. The Morgan fingerprint density at radius 1 is 1.13 bits per heavy atom. The second-order valence-corrected chi connectivity index (χ2v) is 7.77. The van der Waals surface area contributed by atoms with Crippen molar-refractivity contribution in [2.75, 3.05) is 19.5 Å². The molecule has 31 heavy (non-hydrogen) atoms. The van der Waals surface area contributed by atoms with Crippen molar-refractivity contribution >= 4 is 34.9 Å². The number of carbonyl (C=O) groups is 3. The van der Waals surface area contributed by atoms with E-state index in [9.17, 15) is 14.4 Å². The summed E-state index contributed by atoms with van der Waals surface area (Å²) >= 11 is 1.54. The molecule has 1 amide bonds. The molecule has 1 atom stereocenters. The molecular weight excluding hydrogens is 418 g/mol. The maximum absolute atomic E-state index is 13.1. The maximum atomic E-state index is 13.1. The predicted octanol–water partition coefficient (Wildman–Crippen LogP) is 3.48. The molecule has 158 valence electrons. The molecule has 1 aliphatic rings. The van der Waals surface area contributed by atoms with Crippen LogP contribution in [0.15, 0.2) is 54.0 Å². The Labute approximate surface area is 182 Å². The summed E-state index contributed by atoms with van der Waals surface area (Å²) in [7, 11) is 2.56. The van der Waals surface area contributed by atoms with Crippen molar-refractivity contribution < 1.29 is 23.9 Å². The number of amides is 1. The highest BCUT2D eigenvalue weighted by atomic mass is 32.1. The number of ether oxygens (including phenoxy) is 2. The number of benzene rings is 1. The van der Waals surface area contributed by atoms with Crippen LogP contribution in [-0.2, 0) is 16.0 Å². The first-order valence-electron chi connectivity index (χ1n) is 9.39. The van der Waals surface area contributed by atoms with Gasteiger partial charge in [-0.2, -0.15) is 0 Å². The third-order valence-corrected chi connectivity index (χ3v) is 5.81. The number of rotatable bonds is 6. The number of carbonyl (C=O) groups excluding carboxylic acids is 3. The zero-order valence-corrected chi connectivity index (χ0v) is 17.6. The van der Waals surface area contributed by atoms with E-state index >= 15 is 0 Å². The van der Waals surface area contributed by atoms with E-state index in [2.05, 4.69) is 10.3 Å². The van der Waals surface area contributed by atoms with E-state index in [1.807, 2.05) is 17.5 Å². The number of nitrogens with zero attached hydrogens (tertiary/aromatic N) is 2. The molecule has 1 aromatic carbocycles. The lowest BCUT2D eigenvalue weighted by molar-refractivity contribution is 0.0587. The molecule has 0 radical (unpaired) electrons. The monoisotopic (exact) mass is 437 g/mol. The summed E-state index contributed by atoms with van der Waals surface area (Å²) in [6.07, 6.45) is 0.976. The molecule has 0 saturated carbocycles. The normalized spacial score (nSPS) is 14.8. The molecule has 3 aromatic rings. The van der Waals surface area contributed by atoms with Crippen molar-refractivity contribution in [2.24, 2.45) is 0 Å². The van der Waals surface area contributed by atoms with E-state index in [0.717, 1.165) is 4.88 Å². The number of pyridine rings is 1. The average molecular weight is 437 g/mol. The molecule has 0 spiro atoms. The number of methoxy groups -OCH3 is 2. The molecule has 3 heterocycles. The van der Waals surface area contributed by atoms with Gasteiger partial charge in [-0.1, -0.05) is 6.07 Å². The zero-order valence-electron chi connectivity index (χ0n) is 16.8. The number of esters is 2. The fourth-order valence-electron chi connectivity index (χ4n) is 3.46.